The zero-order valence-corrected chi connectivity index (χ0v) is 38.1. The van der Waals surface area contributed by atoms with E-state index in [9.17, 15) is 20.4 Å². The van der Waals surface area contributed by atoms with Gasteiger partial charge in [0.15, 0.2) is 0 Å². The summed E-state index contributed by atoms with van der Waals surface area (Å²) in [4.78, 5) is -15.8. The summed E-state index contributed by atoms with van der Waals surface area (Å²) in [5.74, 6) is 0. The van der Waals surface area contributed by atoms with Gasteiger partial charge in [0.1, 0.15) is 6.10 Å². The van der Waals surface area contributed by atoms with E-state index < -0.39 is 78.0 Å². The molecule has 4 N–H and O–H groups in total. The molecule has 0 bridgehead atoms. The number of rotatable bonds is 14. The monoisotopic (exact) mass is 926 g/mol. The molecule has 6 aromatic carbocycles. The van der Waals surface area contributed by atoms with Crippen molar-refractivity contribution < 1.29 is 55.2 Å². The maximum Gasteiger partial charge on any atom is 0.270 e. The molecule has 336 valence electrons. The number of aliphatic hydroxyl groups excluding tert-OH is 1. The van der Waals surface area contributed by atoms with Crippen LogP contribution in [0, 0.1) is 20.8 Å². The van der Waals surface area contributed by atoms with E-state index in [1.54, 1.807) is 97.1 Å². The lowest BCUT2D eigenvalue weighted by Crippen LogP contribution is -2.86. The van der Waals surface area contributed by atoms with Gasteiger partial charge in [0.2, 0.25) is 40.7 Å². The number of benzene rings is 6. The Labute approximate surface area is 374 Å². The molecular formula is C49H50O12S3. The van der Waals surface area contributed by atoms with Crippen LogP contribution in [0.5, 0.6) is 0 Å². The average Bonchev–Trinajstić information content (AvgIpc) is 3.26. The zero-order valence-electron chi connectivity index (χ0n) is 35.6. The van der Waals surface area contributed by atoms with Gasteiger partial charge in [0, 0.05) is 7.11 Å². The molecule has 0 radical (unpaired) electrons. The van der Waals surface area contributed by atoms with Gasteiger partial charge in [-0.3, -0.25) is 0 Å². The third-order valence-corrected chi connectivity index (χ3v) is 19.7. The third kappa shape index (κ3) is 7.32. The van der Waals surface area contributed by atoms with Gasteiger partial charge in [-0.1, -0.05) is 146 Å². The third-order valence-electron chi connectivity index (χ3n) is 12.0. The van der Waals surface area contributed by atoms with E-state index in [-0.39, 0.29) is 52.6 Å². The van der Waals surface area contributed by atoms with Crippen LogP contribution in [0.2, 0.25) is 0 Å². The fourth-order valence-corrected chi connectivity index (χ4v) is 17.2. The van der Waals surface area contributed by atoms with Crippen LogP contribution in [0.3, 0.4) is 0 Å². The molecule has 1 fully saturated rings. The first-order chi connectivity index (χ1) is 30.3. The second-order valence-electron chi connectivity index (χ2n) is 16.1. The Kier molecular flexibility index (Phi) is 13.0. The van der Waals surface area contributed by atoms with Crippen molar-refractivity contribution in [3.63, 3.8) is 0 Å². The molecule has 0 aromatic heterocycles. The van der Waals surface area contributed by atoms with E-state index in [0.29, 0.717) is 16.7 Å². The van der Waals surface area contributed by atoms with E-state index in [2.05, 4.69) is 0 Å². The average molecular weight is 927 g/mol. The summed E-state index contributed by atoms with van der Waals surface area (Å²) >= 11 is 0. The Morgan fingerprint density at radius 1 is 0.484 bits per heavy atom. The summed E-state index contributed by atoms with van der Waals surface area (Å²) in [5.41, 5.74) is 1.62. The SMILES string of the molecule is CO[C@H]1O[C@H](CO)[C@](O)(S(=O)(=O)c2c(C)cccc2Cc2ccccc2)[C@@](O)(S(=O)(=O)c2c(C)cccc2Cc2ccccc2)[C@@]1(O)S(=O)(=O)c1c(C)cccc1Cc1ccccc1. The first-order valence-electron chi connectivity index (χ1n) is 20.4. The molecule has 7 rings (SSSR count). The van der Waals surface area contributed by atoms with Gasteiger partial charge in [-0.2, -0.15) is 0 Å². The van der Waals surface area contributed by atoms with Gasteiger partial charge in [-0.15, -0.1) is 0 Å². The molecule has 1 aliphatic heterocycles. The molecule has 5 atom stereocenters. The molecule has 6 aromatic rings. The van der Waals surface area contributed by atoms with E-state index >= 15 is 25.3 Å². The van der Waals surface area contributed by atoms with E-state index in [4.69, 9.17) is 9.47 Å². The lowest BCUT2D eigenvalue weighted by atomic mass is 9.96. The molecule has 64 heavy (non-hydrogen) atoms. The van der Waals surface area contributed by atoms with Crippen molar-refractivity contribution in [2.75, 3.05) is 13.7 Å². The predicted molar refractivity (Wildman–Crippen MR) is 240 cm³/mol. The largest absolute Gasteiger partial charge is 0.394 e. The van der Waals surface area contributed by atoms with Crippen LogP contribution < -0.4 is 0 Å². The maximum atomic E-state index is 16.3. The van der Waals surface area contributed by atoms with Crippen LogP contribution in [-0.4, -0.2) is 86.6 Å². The summed E-state index contributed by atoms with van der Waals surface area (Å²) in [6.07, 6.45) is -5.78. The fraction of sp³-hybridized carbons (Fsp3) is 0.265. The normalized spacial score (nSPS) is 22.9. The maximum absolute atomic E-state index is 16.3. The van der Waals surface area contributed by atoms with Crippen LogP contribution >= 0.6 is 0 Å². The van der Waals surface area contributed by atoms with Crippen molar-refractivity contribution in [3.05, 3.63) is 196 Å². The van der Waals surface area contributed by atoms with Crippen LogP contribution in [0.4, 0.5) is 0 Å². The fourth-order valence-electron chi connectivity index (χ4n) is 9.02. The molecule has 0 aliphatic carbocycles. The molecular weight excluding hydrogens is 877 g/mol. The van der Waals surface area contributed by atoms with Gasteiger partial charge < -0.3 is 29.9 Å². The highest BCUT2D eigenvalue weighted by Crippen LogP contribution is 2.58. The second-order valence-corrected chi connectivity index (χ2v) is 22.2. The van der Waals surface area contributed by atoms with Gasteiger partial charge in [0.25, 0.3) is 9.87 Å². The Balaban J connectivity index is 1.63. The van der Waals surface area contributed by atoms with E-state index in [1.807, 2.05) is 0 Å². The molecule has 1 aliphatic rings. The van der Waals surface area contributed by atoms with Crippen molar-refractivity contribution in [2.45, 2.75) is 81.9 Å². The van der Waals surface area contributed by atoms with Crippen LogP contribution in [0.15, 0.2) is 160 Å². The van der Waals surface area contributed by atoms with Crippen molar-refractivity contribution in [2.24, 2.45) is 0 Å². The van der Waals surface area contributed by atoms with E-state index in [0.717, 1.165) is 7.11 Å². The lowest BCUT2D eigenvalue weighted by Gasteiger charge is -2.57. The van der Waals surface area contributed by atoms with Gasteiger partial charge in [-0.05, 0) is 90.1 Å². The number of hydrogen-bond donors (Lipinski definition) is 4. The Hall–Kier alpha value is -5.07. The Morgan fingerprint density at radius 2 is 0.812 bits per heavy atom. The van der Waals surface area contributed by atoms with Crippen LogP contribution in [0.25, 0.3) is 0 Å². The number of sulfone groups is 3. The standard InChI is InChI=1S/C49H50O12S3/c1-33-17-14-26-39(29-36-20-8-5-9-21-36)43(33)62(54,55)47(51)42(32-50)61-46(60-4)48(52,63(56,57)44-34(2)18-15-27-40(44)30-37-22-10-6-11-23-37)49(47,53)64(58,59)45-35(3)19-16-28-41(45)31-38-24-12-7-13-25-38/h5-28,42,46,50-53H,29-32H2,1-4H3/t42-,46+,47+,48+,49-/m1/s1. The lowest BCUT2D eigenvalue weighted by molar-refractivity contribution is -0.331. The first kappa shape index (κ1) is 46.9. The minimum absolute atomic E-state index is 0.0148. The molecule has 0 amide bonds. The number of methoxy groups -OCH3 is 1. The molecule has 1 saturated heterocycles. The molecule has 0 saturated carbocycles. The van der Waals surface area contributed by atoms with Gasteiger partial charge in [0.05, 0.1) is 21.3 Å². The number of aliphatic hydroxyl groups is 4. The first-order valence-corrected chi connectivity index (χ1v) is 24.8. The summed E-state index contributed by atoms with van der Waals surface area (Å²) in [5, 5.41) is 52.2. The quantitative estimate of drug-likeness (QED) is 0.107. The van der Waals surface area contributed by atoms with Gasteiger partial charge >= 0.3 is 0 Å². The highest BCUT2D eigenvalue weighted by Gasteiger charge is 2.87. The number of ether oxygens (including phenoxy) is 2. The number of hydrogen-bond acceptors (Lipinski definition) is 12. The minimum Gasteiger partial charge on any atom is -0.394 e. The molecule has 0 spiro atoms. The topological polar surface area (TPSA) is 202 Å². The smallest absolute Gasteiger partial charge is 0.270 e. The van der Waals surface area contributed by atoms with Crippen molar-refractivity contribution in [1.29, 1.82) is 0 Å². The predicted octanol–water partition coefficient (Wildman–Crippen LogP) is 5.54. The van der Waals surface area contributed by atoms with Crippen molar-refractivity contribution in [3.8, 4) is 0 Å². The van der Waals surface area contributed by atoms with Crippen molar-refractivity contribution in [1.82, 2.24) is 0 Å². The summed E-state index contributed by atoms with van der Waals surface area (Å²) in [6, 6.07) is 38.8. The molecule has 15 heteroatoms. The van der Waals surface area contributed by atoms with E-state index in [1.165, 1.54) is 69.3 Å². The summed E-state index contributed by atoms with van der Waals surface area (Å²) in [6.45, 7) is 2.59. The van der Waals surface area contributed by atoms with Gasteiger partial charge in [-0.25, -0.2) is 25.3 Å². The van der Waals surface area contributed by atoms with Crippen LogP contribution in [0.1, 0.15) is 50.1 Å². The highest BCUT2D eigenvalue weighted by atomic mass is 32.2. The minimum atomic E-state index is -6.17. The summed E-state index contributed by atoms with van der Waals surface area (Å²) < 4.78 is 108. The molecule has 12 nitrogen and oxygen atoms in total. The van der Waals surface area contributed by atoms with Crippen LogP contribution in [-0.2, 0) is 58.2 Å². The molecule has 1 heterocycles. The highest BCUT2D eigenvalue weighted by molar-refractivity contribution is 7.99. The number of aryl methyl sites for hydroxylation is 3. The Bertz CT molecular complexity index is 2860. The molecule has 0 unspecified atom stereocenters. The summed E-state index contributed by atoms with van der Waals surface area (Å²) in [7, 11) is -17.2. The Morgan fingerprint density at radius 3 is 1.14 bits per heavy atom. The zero-order chi connectivity index (χ0) is 46.3. The second kappa shape index (κ2) is 17.7. The van der Waals surface area contributed by atoms with Crippen molar-refractivity contribution >= 4 is 29.5 Å².